The van der Waals surface area contributed by atoms with Crippen LogP contribution in [0.15, 0.2) is 23.1 Å². The van der Waals surface area contributed by atoms with E-state index in [2.05, 4.69) is 0 Å². The average Bonchev–Trinajstić information content (AvgIpc) is 2.46. The van der Waals surface area contributed by atoms with Gasteiger partial charge in [-0.1, -0.05) is 19.1 Å². The van der Waals surface area contributed by atoms with E-state index in [1.807, 2.05) is 32.9 Å². The molecule has 120 valence electrons. The molecule has 0 heterocycles. The number of sulfonamides is 1. The molecule has 0 saturated heterocycles. The summed E-state index contributed by atoms with van der Waals surface area (Å²) in [5.74, 6) is 0.298. The molecule has 0 fully saturated rings. The summed E-state index contributed by atoms with van der Waals surface area (Å²) in [7, 11) is -1.99. The van der Waals surface area contributed by atoms with Gasteiger partial charge in [-0.2, -0.15) is 4.31 Å². The van der Waals surface area contributed by atoms with E-state index in [0.29, 0.717) is 30.3 Å². The van der Waals surface area contributed by atoms with Crippen LogP contribution in [-0.4, -0.2) is 39.0 Å². The van der Waals surface area contributed by atoms with Crippen molar-refractivity contribution in [3.8, 4) is 0 Å². The van der Waals surface area contributed by atoms with Gasteiger partial charge in [0.1, 0.15) is 0 Å². The molecule has 1 rings (SSSR count). The number of nitrogens with zero attached hydrogens (tertiary/aromatic N) is 1. The van der Waals surface area contributed by atoms with Crippen LogP contribution < -0.4 is 0 Å². The normalized spacial score (nSPS) is 12.3. The molecule has 0 amide bonds. The van der Waals surface area contributed by atoms with E-state index in [9.17, 15) is 8.42 Å². The molecular weight excluding hydrogens is 310 g/mol. The lowest BCUT2D eigenvalue weighted by Gasteiger charge is -2.26. The third kappa shape index (κ3) is 4.42. The lowest BCUT2D eigenvalue weighted by Crippen LogP contribution is -2.39. The Morgan fingerprint density at radius 2 is 2.00 bits per heavy atom. The molecule has 0 aliphatic carbocycles. The summed E-state index contributed by atoms with van der Waals surface area (Å²) in [6.45, 7) is 6.39. The standard InChI is InChI=1S/C15H24ClNO3S/c1-5-14-7-6-13(11-16)10-15(14)21(18,19)17(12(2)3)8-9-20-4/h6-7,10,12H,5,8-9,11H2,1-4H3. The number of alkyl halides is 1. The molecule has 21 heavy (non-hydrogen) atoms. The number of hydrogen-bond donors (Lipinski definition) is 0. The Morgan fingerprint density at radius 3 is 2.48 bits per heavy atom. The number of methoxy groups -OCH3 is 1. The van der Waals surface area contributed by atoms with Gasteiger partial charge in [0, 0.05) is 25.6 Å². The topological polar surface area (TPSA) is 46.6 Å². The lowest BCUT2D eigenvalue weighted by molar-refractivity contribution is 0.171. The number of ether oxygens (including phenoxy) is 1. The first-order valence-electron chi connectivity index (χ1n) is 7.07. The van der Waals surface area contributed by atoms with Crippen LogP contribution >= 0.6 is 11.6 Å². The largest absolute Gasteiger partial charge is 0.383 e. The van der Waals surface area contributed by atoms with Crippen molar-refractivity contribution >= 4 is 21.6 Å². The molecule has 0 saturated carbocycles. The molecule has 0 N–H and O–H groups in total. The molecule has 0 radical (unpaired) electrons. The van der Waals surface area contributed by atoms with E-state index in [1.165, 1.54) is 4.31 Å². The Labute approximate surface area is 133 Å². The van der Waals surface area contributed by atoms with Crippen LogP contribution in [0.3, 0.4) is 0 Å². The molecule has 0 aliphatic rings. The average molecular weight is 334 g/mol. The van der Waals surface area contributed by atoms with Crippen molar-refractivity contribution in [2.75, 3.05) is 20.3 Å². The first-order chi connectivity index (χ1) is 9.88. The predicted molar refractivity (Wildman–Crippen MR) is 86.3 cm³/mol. The third-order valence-electron chi connectivity index (χ3n) is 3.35. The second kappa shape index (κ2) is 8.13. The van der Waals surface area contributed by atoms with Crippen molar-refractivity contribution < 1.29 is 13.2 Å². The summed E-state index contributed by atoms with van der Waals surface area (Å²) in [6, 6.07) is 5.28. The number of benzene rings is 1. The van der Waals surface area contributed by atoms with Crippen molar-refractivity contribution in [1.82, 2.24) is 4.31 Å². The third-order valence-corrected chi connectivity index (χ3v) is 5.81. The maximum atomic E-state index is 13.0. The summed E-state index contributed by atoms with van der Waals surface area (Å²) in [5, 5.41) is 0. The van der Waals surface area contributed by atoms with Crippen LogP contribution in [0.2, 0.25) is 0 Å². The highest BCUT2D eigenvalue weighted by atomic mass is 35.5. The molecule has 0 spiro atoms. The van der Waals surface area contributed by atoms with Crippen molar-refractivity contribution in [3.05, 3.63) is 29.3 Å². The highest BCUT2D eigenvalue weighted by Gasteiger charge is 2.28. The van der Waals surface area contributed by atoms with Crippen molar-refractivity contribution in [3.63, 3.8) is 0 Å². The van der Waals surface area contributed by atoms with Gasteiger partial charge in [0.25, 0.3) is 0 Å². The summed E-state index contributed by atoms with van der Waals surface area (Å²) in [4.78, 5) is 0.355. The van der Waals surface area contributed by atoms with Crippen molar-refractivity contribution in [2.24, 2.45) is 0 Å². The van der Waals surface area contributed by atoms with Gasteiger partial charge >= 0.3 is 0 Å². The van der Waals surface area contributed by atoms with Gasteiger partial charge in [-0.15, -0.1) is 11.6 Å². The number of halogens is 1. The van der Waals surface area contributed by atoms with Crippen LogP contribution in [0.1, 0.15) is 31.9 Å². The minimum atomic E-state index is -3.55. The van der Waals surface area contributed by atoms with Crippen molar-refractivity contribution in [2.45, 2.75) is 44.0 Å². The van der Waals surface area contributed by atoms with Gasteiger partial charge in [0.05, 0.1) is 11.5 Å². The van der Waals surface area contributed by atoms with Gasteiger partial charge in [-0.25, -0.2) is 8.42 Å². The zero-order chi connectivity index (χ0) is 16.0. The Morgan fingerprint density at radius 1 is 1.33 bits per heavy atom. The predicted octanol–water partition coefficient (Wildman–Crippen LogP) is 3.03. The van der Waals surface area contributed by atoms with Crippen LogP contribution in [0.5, 0.6) is 0 Å². The second-order valence-corrected chi connectivity index (χ2v) is 7.26. The van der Waals surface area contributed by atoms with Crippen LogP contribution in [0.25, 0.3) is 0 Å². The zero-order valence-corrected chi connectivity index (χ0v) is 14.7. The monoisotopic (exact) mass is 333 g/mol. The molecule has 1 aromatic rings. The molecule has 6 heteroatoms. The maximum Gasteiger partial charge on any atom is 0.243 e. The molecule has 0 aliphatic heterocycles. The fraction of sp³-hybridized carbons (Fsp3) is 0.600. The number of rotatable bonds is 8. The first-order valence-corrected chi connectivity index (χ1v) is 9.04. The minimum Gasteiger partial charge on any atom is -0.383 e. The maximum absolute atomic E-state index is 13.0. The fourth-order valence-electron chi connectivity index (χ4n) is 2.18. The molecule has 0 atom stereocenters. The second-order valence-electron chi connectivity index (χ2n) is 5.13. The van der Waals surface area contributed by atoms with E-state index in [4.69, 9.17) is 16.3 Å². The van der Waals surface area contributed by atoms with Crippen molar-refractivity contribution in [1.29, 1.82) is 0 Å². The van der Waals surface area contributed by atoms with Crippen LogP contribution in [0, 0.1) is 0 Å². The highest BCUT2D eigenvalue weighted by molar-refractivity contribution is 7.89. The lowest BCUT2D eigenvalue weighted by atomic mass is 10.1. The Hall–Kier alpha value is -0.620. The molecule has 0 unspecified atom stereocenters. The molecule has 0 bridgehead atoms. The Balaban J connectivity index is 3.32. The summed E-state index contributed by atoms with van der Waals surface area (Å²) < 4.78 is 32.4. The highest BCUT2D eigenvalue weighted by Crippen LogP contribution is 2.24. The SMILES string of the molecule is CCc1ccc(CCl)cc1S(=O)(=O)N(CCOC)C(C)C. The van der Waals surface area contributed by atoms with E-state index in [-0.39, 0.29) is 6.04 Å². The summed E-state index contributed by atoms with van der Waals surface area (Å²) >= 11 is 5.84. The van der Waals surface area contributed by atoms with Crippen LogP contribution in [-0.2, 0) is 27.1 Å². The first kappa shape index (κ1) is 18.4. The fourth-order valence-corrected chi connectivity index (χ4v) is 4.31. The number of aryl methyl sites for hydroxylation is 1. The van der Waals surface area contributed by atoms with Gasteiger partial charge in [-0.05, 0) is 37.5 Å². The molecular formula is C15H24ClNO3S. The van der Waals surface area contributed by atoms with Gasteiger partial charge < -0.3 is 4.74 Å². The smallest absolute Gasteiger partial charge is 0.243 e. The van der Waals surface area contributed by atoms with E-state index < -0.39 is 10.0 Å². The van der Waals surface area contributed by atoms with Gasteiger partial charge in [-0.3, -0.25) is 0 Å². The minimum absolute atomic E-state index is 0.130. The number of hydrogen-bond acceptors (Lipinski definition) is 3. The van der Waals surface area contributed by atoms with Gasteiger partial charge in [0.2, 0.25) is 10.0 Å². The van der Waals surface area contributed by atoms with E-state index in [0.717, 1.165) is 11.1 Å². The zero-order valence-electron chi connectivity index (χ0n) is 13.1. The molecule has 0 aromatic heterocycles. The molecule has 4 nitrogen and oxygen atoms in total. The Bertz CT molecular complexity index is 558. The summed E-state index contributed by atoms with van der Waals surface area (Å²) in [5.41, 5.74) is 1.62. The molecule has 1 aromatic carbocycles. The van der Waals surface area contributed by atoms with E-state index >= 15 is 0 Å². The quantitative estimate of drug-likeness (QED) is 0.687. The van der Waals surface area contributed by atoms with Gasteiger partial charge in [0.15, 0.2) is 0 Å². The van der Waals surface area contributed by atoms with E-state index in [1.54, 1.807) is 13.2 Å². The summed E-state index contributed by atoms with van der Waals surface area (Å²) in [6.07, 6.45) is 0.660. The van der Waals surface area contributed by atoms with Crippen LogP contribution in [0.4, 0.5) is 0 Å². The Kier molecular flexibility index (Phi) is 7.13.